The van der Waals surface area contributed by atoms with E-state index in [0.717, 1.165) is 44.0 Å². The lowest BCUT2D eigenvalue weighted by molar-refractivity contribution is -0.117. The summed E-state index contributed by atoms with van der Waals surface area (Å²) in [5, 5.41) is 3.07. The van der Waals surface area contributed by atoms with E-state index in [4.69, 9.17) is 14.2 Å². The highest BCUT2D eigenvalue weighted by molar-refractivity contribution is 5.94. The number of nitrogens with zero attached hydrogens (tertiary/aromatic N) is 2. The molecule has 1 fully saturated rings. The van der Waals surface area contributed by atoms with Crippen molar-refractivity contribution in [1.29, 1.82) is 0 Å². The molecule has 1 amide bonds. The van der Waals surface area contributed by atoms with Gasteiger partial charge in [0.05, 0.1) is 44.3 Å². The van der Waals surface area contributed by atoms with Gasteiger partial charge < -0.3 is 24.4 Å². The lowest BCUT2D eigenvalue weighted by Gasteiger charge is -2.31. The highest BCUT2D eigenvalue weighted by Crippen LogP contribution is 2.39. The van der Waals surface area contributed by atoms with Crippen LogP contribution in [0.2, 0.25) is 0 Å². The molecule has 1 aliphatic heterocycles. The van der Waals surface area contributed by atoms with E-state index in [2.05, 4.69) is 34.2 Å². The molecule has 3 rings (SSSR count). The molecule has 180 valence electrons. The van der Waals surface area contributed by atoms with Crippen LogP contribution in [0.15, 0.2) is 42.5 Å². The van der Waals surface area contributed by atoms with Gasteiger partial charge in [0.1, 0.15) is 11.5 Å². The van der Waals surface area contributed by atoms with Gasteiger partial charge >= 0.3 is 0 Å². The summed E-state index contributed by atoms with van der Waals surface area (Å²) in [6.07, 6.45) is 0.979. The molecule has 7 nitrogen and oxygen atoms in total. The van der Waals surface area contributed by atoms with Crippen molar-refractivity contribution in [2.24, 2.45) is 0 Å². The molecule has 1 N–H and O–H groups in total. The van der Waals surface area contributed by atoms with E-state index < -0.39 is 0 Å². The average Bonchev–Trinajstić information content (AvgIpc) is 2.82. The minimum Gasteiger partial charge on any atom is -0.492 e. The van der Waals surface area contributed by atoms with Gasteiger partial charge in [0.2, 0.25) is 5.91 Å². The molecule has 0 aromatic heterocycles. The molecule has 2 aromatic rings. The third-order valence-electron chi connectivity index (χ3n) is 5.44. The molecule has 0 bridgehead atoms. The van der Waals surface area contributed by atoms with Crippen molar-refractivity contribution in [2.75, 3.05) is 62.8 Å². The predicted molar refractivity (Wildman–Crippen MR) is 132 cm³/mol. The van der Waals surface area contributed by atoms with Crippen LogP contribution in [-0.2, 0) is 16.1 Å². The summed E-state index contributed by atoms with van der Waals surface area (Å²) in [7, 11) is 0. The van der Waals surface area contributed by atoms with Gasteiger partial charge in [-0.3, -0.25) is 9.69 Å². The van der Waals surface area contributed by atoms with Crippen LogP contribution < -0.4 is 19.7 Å². The van der Waals surface area contributed by atoms with Gasteiger partial charge in [-0.2, -0.15) is 0 Å². The average molecular weight is 456 g/mol. The Morgan fingerprint density at radius 3 is 2.39 bits per heavy atom. The molecule has 0 spiro atoms. The smallest absolute Gasteiger partial charge is 0.238 e. The normalized spacial score (nSPS) is 13.8. The Kier molecular flexibility index (Phi) is 9.84. The largest absolute Gasteiger partial charge is 0.492 e. The standard InChI is InChI=1S/C26H37N3O4/c1-4-12-28(19-21-10-8-7-9-11-21)20-26(30)27-22-17-25(33-6-3)23(18-24(22)32-5-2)29-13-15-31-16-14-29/h7-11,17-18H,4-6,12-16,19-20H2,1-3H3,(H,27,30). The quantitative estimate of drug-likeness (QED) is 0.518. The van der Waals surface area contributed by atoms with E-state index in [1.165, 1.54) is 5.56 Å². The van der Waals surface area contributed by atoms with E-state index in [1.807, 2.05) is 44.2 Å². The van der Waals surface area contributed by atoms with Gasteiger partial charge in [-0.1, -0.05) is 37.3 Å². The van der Waals surface area contributed by atoms with Crippen molar-refractivity contribution in [3.8, 4) is 11.5 Å². The zero-order valence-electron chi connectivity index (χ0n) is 20.1. The summed E-state index contributed by atoms with van der Waals surface area (Å²) < 4.78 is 17.4. The Hall–Kier alpha value is -2.77. The molecule has 0 aliphatic carbocycles. The fourth-order valence-electron chi connectivity index (χ4n) is 4.01. The highest BCUT2D eigenvalue weighted by atomic mass is 16.5. The third kappa shape index (κ3) is 7.37. The molecule has 2 aromatic carbocycles. The van der Waals surface area contributed by atoms with Crippen LogP contribution in [0.4, 0.5) is 11.4 Å². The molecular weight excluding hydrogens is 418 g/mol. The maximum absolute atomic E-state index is 13.0. The van der Waals surface area contributed by atoms with Crippen molar-refractivity contribution >= 4 is 17.3 Å². The second kappa shape index (κ2) is 13.1. The zero-order chi connectivity index (χ0) is 23.5. The number of hydrogen-bond acceptors (Lipinski definition) is 6. The first-order valence-corrected chi connectivity index (χ1v) is 12.0. The molecule has 1 aliphatic rings. The summed E-state index contributed by atoms with van der Waals surface area (Å²) in [5.74, 6) is 1.33. The first kappa shape index (κ1) is 24.9. The van der Waals surface area contributed by atoms with Gasteiger partial charge in [-0.15, -0.1) is 0 Å². The molecule has 0 atom stereocenters. The van der Waals surface area contributed by atoms with Crippen LogP contribution in [-0.4, -0.2) is 63.4 Å². The number of ether oxygens (including phenoxy) is 3. The summed E-state index contributed by atoms with van der Waals surface area (Å²) in [6.45, 7) is 11.9. The fraction of sp³-hybridized carbons (Fsp3) is 0.500. The minimum atomic E-state index is -0.0677. The molecule has 1 heterocycles. The van der Waals surface area contributed by atoms with E-state index in [1.54, 1.807) is 0 Å². The number of carbonyl (C=O) groups excluding carboxylic acids is 1. The Balaban J connectivity index is 1.78. The van der Waals surface area contributed by atoms with Crippen molar-refractivity contribution in [3.05, 3.63) is 48.0 Å². The molecule has 0 saturated carbocycles. The summed E-state index contributed by atoms with van der Waals surface area (Å²) in [5.41, 5.74) is 2.80. The molecule has 33 heavy (non-hydrogen) atoms. The van der Waals surface area contributed by atoms with E-state index in [0.29, 0.717) is 44.4 Å². The summed E-state index contributed by atoms with van der Waals surface area (Å²) >= 11 is 0. The van der Waals surface area contributed by atoms with Gasteiger partial charge in [0.25, 0.3) is 0 Å². The number of amides is 1. The minimum absolute atomic E-state index is 0.0677. The molecule has 7 heteroatoms. The van der Waals surface area contributed by atoms with Crippen LogP contribution in [0.3, 0.4) is 0 Å². The van der Waals surface area contributed by atoms with Gasteiger partial charge in [0, 0.05) is 31.8 Å². The number of rotatable bonds is 12. The van der Waals surface area contributed by atoms with Crippen molar-refractivity contribution < 1.29 is 19.0 Å². The predicted octanol–water partition coefficient (Wildman–Crippen LogP) is 4.17. The molecule has 0 unspecified atom stereocenters. The molecular formula is C26H37N3O4. The van der Waals surface area contributed by atoms with Crippen molar-refractivity contribution in [2.45, 2.75) is 33.7 Å². The number of hydrogen-bond donors (Lipinski definition) is 1. The van der Waals surface area contributed by atoms with E-state index >= 15 is 0 Å². The summed E-state index contributed by atoms with van der Waals surface area (Å²) in [6, 6.07) is 14.1. The first-order chi connectivity index (χ1) is 16.1. The highest BCUT2D eigenvalue weighted by Gasteiger charge is 2.21. The molecule has 1 saturated heterocycles. The van der Waals surface area contributed by atoms with Gasteiger partial charge in [0.15, 0.2) is 0 Å². The zero-order valence-corrected chi connectivity index (χ0v) is 20.1. The summed E-state index contributed by atoms with van der Waals surface area (Å²) in [4.78, 5) is 17.4. The lowest BCUT2D eigenvalue weighted by Crippen LogP contribution is -2.36. The van der Waals surface area contributed by atoms with Crippen LogP contribution in [0.25, 0.3) is 0 Å². The maximum atomic E-state index is 13.0. The number of morpholine rings is 1. The third-order valence-corrected chi connectivity index (χ3v) is 5.44. The Morgan fingerprint density at radius 2 is 1.73 bits per heavy atom. The van der Waals surface area contributed by atoms with Crippen LogP contribution >= 0.6 is 0 Å². The first-order valence-electron chi connectivity index (χ1n) is 12.0. The topological polar surface area (TPSA) is 63.3 Å². The molecule has 0 radical (unpaired) electrons. The fourth-order valence-corrected chi connectivity index (χ4v) is 4.01. The van der Waals surface area contributed by atoms with Crippen LogP contribution in [0.5, 0.6) is 11.5 Å². The van der Waals surface area contributed by atoms with Crippen molar-refractivity contribution in [1.82, 2.24) is 4.90 Å². The SMILES string of the molecule is CCCN(CC(=O)Nc1cc(OCC)c(N2CCOCC2)cc1OCC)Cc1ccccc1. The monoisotopic (exact) mass is 455 g/mol. The van der Waals surface area contributed by atoms with Crippen LogP contribution in [0, 0.1) is 0 Å². The Morgan fingerprint density at radius 1 is 1.03 bits per heavy atom. The second-order valence-electron chi connectivity index (χ2n) is 8.03. The number of carbonyl (C=O) groups is 1. The second-order valence-corrected chi connectivity index (χ2v) is 8.03. The Labute approximate surface area is 197 Å². The van der Waals surface area contributed by atoms with Crippen molar-refractivity contribution in [3.63, 3.8) is 0 Å². The van der Waals surface area contributed by atoms with Crippen LogP contribution in [0.1, 0.15) is 32.8 Å². The van der Waals surface area contributed by atoms with Gasteiger partial charge in [-0.05, 0) is 32.4 Å². The Bertz CT molecular complexity index is 869. The number of benzene rings is 2. The number of anilines is 2. The lowest BCUT2D eigenvalue weighted by atomic mass is 10.2. The van der Waals surface area contributed by atoms with E-state index in [9.17, 15) is 4.79 Å². The number of nitrogens with one attached hydrogen (secondary N) is 1. The maximum Gasteiger partial charge on any atom is 0.238 e. The van der Waals surface area contributed by atoms with E-state index in [-0.39, 0.29) is 5.91 Å². The van der Waals surface area contributed by atoms with Gasteiger partial charge in [-0.25, -0.2) is 0 Å².